The lowest BCUT2D eigenvalue weighted by Crippen LogP contribution is -2.46. The van der Waals surface area contributed by atoms with E-state index >= 15 is 0 Å². The number of amides is 3. The van der Waals surface area contributed by atoms with Gasteiger partial charge < -0.3 is 20.3 Å². The highest BCUT2D eigenvalue weighted by molar-refractivity contribution is 6.04. The number of allylic oxidation sites excluding steroid dienone is 1. The van der Waals surface area contributed by atoms with Crippen LogP contribution in [0.4, 0.5) is 14.9 Å². The summed E-state index contributed by atoms with van der Waals surface area (Å²) in [4.78, 5) is 38.7. The van der Waals surface area contributed by atoms with E-state index in [2.05, 4.69) is 10.6 Å². The van der Waals surface area contributed by atoms with Crippen molar-refractivity contribution in [3.05, 3.63) is 76.7 Å². The summed E-state index contributed by atoms with van der Waals surface area (Å²) in [5, 5.41) is 5.44. The third-order valence-electron chi connectivity index (χ3n) is 4.94. The van der Waals surface area contributed by atoms with Crippen LogP contribution >= 0.6 is 0 Å². The van der Waals surface area contributed by atoms with Gasteiger partial charge in [-0.15, -0.1) is 0 Å². The lowest BCUT2D eigenvalue weighted by atomic mass is 9.95. The van der Waals surface area contributed by atoms with Gasteiger partial charge in [0.05, 0.1) is 23.3 Å². The van der Waals surface area contributed by atoms with Gasteiger partial charge in [-0.25, -0.2) is 14.0 Å². The zero-order valence-electron chi connectivity index (χ0n) is 17.7. The number of ether oxygens (including phenoxy) is 1. The van der Waals surface area contributed by atoms with E-state index in [-0.39, 0.29) is 17.7 Å². The van der Waals surface area contributed by atoms with E-state index in [0.717, 1.165) is 0 Å². The van der Waals surface area contributed by atoms with Crippen LogP contribution in [0.5, 0.6) is 0 Å². The number of halogens is 1. The summed E-state index contributed by atoms with van der Waals surface area (Å²) in [5.74, 6) is -1.70. The standard InChI is InChI=1S/C23H24FN3O4/c1-13(2)31-22(29)19-14(3)27(4)23(30)26-20(19)15-9-11-16(12-10-15)25-21(28)17-7-5-6-8-18(17)24/h5-13,20H,1-4H3,(H,25,28)(H,26,30). The summed E-state index contributed by atoms with van der Waals surface area (Å²) in [6.45, 7) is 5.19. The Morgan fingerprint density at radius 2 is 1.77 bits per heavy atom. The van der Waals surface area contributed by atoms with Crippen molar-refractivity contribution in [2.75, 3.05) is 12.4 Å². The Morgan fingerprint density at radius 1 is 1.13 bits per heavy atom. The third kappa shape index (κ3) is 4.74. The van der Waals surface area contributed by atoms with Crippen LogP contribution in [-0.2, 0) is 9.53 Å². The van der Waals surface area contributed by atoms with Gasteiger partial charge in [0.15, 0.2) is 0 Å². The zero-order chi connectivity index (χ0) is 22.7. The fourth-order valence-corrected chi connectivity index (χ4v) is 3.23. The number of carbonyl (C=O) groups excluding carboxylic acids is 3. The first-order valence-corrected chi connectivity index (χ1v) is 9.81. The number of hydrogen-bond donors (Lipinski definition) is 2. The van der Waals surface area contributed by atoms with Crippen molar-refractivity contribution in [3.63, 3.8) is 0 Å². The molecule has 2 aromatic rings. The molecule has 0 aliphatic carbocycles. The maximum atomic E-state index is 13.8. The number of benzene rings is 2. The Labute approximate surface area is 179 Å². The minimum absolute atomic E-state index is 0.0635. The van der Waals surface area contributed by atoms with E-state index in [9.17, 15) is 18.8 Å². The highest BCUT2D eigenvalue weighted by atomic mass is 19.1. The van der Waals surface area contributed by atoms with Gasteiger partial charge in [-0.1, -0.05) is 24.3 Å². The van der Waals surface area contributed by atoms with Crippen molar-refractivity contribution < 1.29 is 23.5 Å². The molecule has 1 atom stereocenters. The van der Waals surface area contributed by atoms with Crippen LogP contribution in [-0.4, -0.2) is 36.0 Å². The molecule has 0 fully saturated rings. The summed E-state index contributed by atoms with van der Waals surface area (Å²) in [6, 6.07) is 11.3. The van der Waals surface area contributed by atoms with Crippen molar-refractivity contribution >= 4 is 23.6 Å². The molecule has 31 heavy (non-hydrogen) atoms. The largest absolute Gasteiger partial charge is 0.459 e. The molecule has 0 spiro atoms. The normalized spacial score (nSPS) is 16.3. The second-order valence-corrected chi connectivity index (χ2v) is 7.45. The molecule has 0 saturated carbocycles. The number of nitrogens with zero attached hydrogens (tertiary/aromatic N) is 1. The molecule has 3 amide bonds. The van der Waals surface area contributed by atoms with Crippen molar-refractivity contribution in [2.24, 2.45) is 0 Å². The molecule has 1 aliphatic rings. The van der Waals surface area contributed by atoms with Gasteiger partial charge in [0, 0.05) is 18.4 Å². The predicted octanol–water partition coefficient (Wildman–Crippen LogP) is 4.00. The SMILES string of the molecule is CC1=C(C(=O)OC(C)C)C(c2ccc(NC(=O)c3ccccc3F)cc2)NC(=O)N1C. The minimum atomic E-state index is -0.703. The van der Waals surface area contributed by atoms with Crippen LogP contribution in [0.1, 0.15) is 42.7 Å². The molecule has 2 aromatic carbocycles. The molecule has 0 radical (unpaired) electrons. The van der Waals surface area contributed by atoms with Gasteiger partial charge in [-0.3, -0.25) is 4.79 Å². The smallest absolute Gasteiger partial charge is 0.338 e. The third-order valence-corrected chi connectivity index (χ3v) is 4.94. The van der Waals surface area contributed by atoms with Crippen LogP contribution in [0.15, 0.2) is 59.8 Å². The van der Waals surface area contributed by atoms with E-state index in [1.165, 1.54) is 23.1 Å². The van der Waals surface area contributed by atoms with Crippen molar-refractivity contribution in [3.8, 4) is 0 Å². The number of anilines is 1. The van der Waals surface area contributed by atoms with Gasteiger partial charge in [0.2, 0.25) is 0 Å². The Hall–Kier alpha value is -3.68. The average molecular weight is 425 g/mol. The Balaban J connectivity index is 1.86. The van der Waals surface area contributed by atoms with Crippen molar-refractivity contribution in [1.29, 1.82) is 0 Å². The average Bonchev–Trinajstić information content (AvgIpc) is 2.72. The predicted molar refractivity (Wildman–Crippen MR) is 114 cm³/mol. The Kier molecular flexibility index (Phi) is 6.39. The number of hydrogen-bond acceptors (Lipinski definition) is 4. The first-order chi connectivity index (χ1) is 14.7. The van der Waals surface area contributed by atoms with E-state index in [0.29, 0.717) is 22.5 Å². The van der Waals surface area contributed by atoms with Gasteiger partial charge in [0.1, 0.15) is 5.82 Å². The van der Waals surface area contributed by atoms with Crippen molar-refractivity contribution in [2.45, 2.75) is 32.9 Å². The molecule has 0 aromatic heterocycles. The summed E-state index contributed by atoms with van der Waals surface area (Å²) in [5.41, 5.74) is 1.85. The lowest BCUT2D eigenvalue weighted by Gasteiger charge is -2.33. The molecular weight excluding hydrogens is 401 g/mol. The quantitative estimate of drug-likeness (QED) is 0.709. The molecule has 162 valence electrons. The molecular formula is C23H24FN3O4. The van der Waals surface area contributed by atoms with E-state index in [4.69, 9.17) is 4.74 Å². The number of carbonyl (C=O) groups is 3. The molecule has 1 unspecified atom stereocenters. The first kappa shape index (κ1) is 22.0. The maximum absolute atomic E-state index is 13.8. The topological polar surface area (TPSA) is 87.7 Å². The summed E-state index contributed by atoms with van der Waals surface area (Å²) in [6.07, 6.45) is -0.313. The number of nitrogens with one attached hydrogen (secondary N) is 2. The molecule has 2 N–H and O–H groups in total. The highest BCUT2D eigenvalue weighted by Crippen LogP contribution is 2.31. The number of urea groups is 1. The monoisotopic (exact) mass is 425 g/mol. The molecule has 1 heterocycles. The zero-order valence-corrected chi connectivity index (χ0v) is 17.7. The maximum Gasteiger partial charge on any atom is 0.338 e. The summed E-state index contributed by atoms with van der Waals surface area (Å²) >= 11 is 0. The lowest BCUT2D eigenvalue weighted by molar-refractivity contribution is -0.143. The Bertz CT molecular complexity index is 1050. The molecule has 7 nitrogen and oxygen atoms in total. The number of rotatable bonds is 5. The minimum Gasteiger partial charge on any atom is -0.459 e. The second-order valence-electron chi connectivity index (χ2n) is 7.45. The van der Waals surface area contributed by atoms with Crippen LogP contribution < -0.4 is 10.6 Å². The second kappa shape index (κ2) is 8.99. The molecule has 0 bridgehead atoms. The molecule has 1 aliphatic heterocycles. The van der Waals surface area contributed by atoms with Crippen LogP contribution in [0, 0.1) is 5.82 Å². The van der Waals surface area contributed by atoms with Gasteiger partial charge in [0.25, 0.3) is 5.91 Å². The van der Waals surface area contributed by atoms with Crippen LogP contribution in [0.25, 0.3) is 0 Å². The van der Waals surface area contributed by atoms with Crippen LogP contribution in [0.3, 0.4) is 0 Å². The van der Waals surface area contributed by atoms with Crippen LogP contribution in [0.2, 0.25) is 0 Å². The molecule has 3 rings (SSSR count). The van der Waals surface area contributed by atoms with Gasteiger partial charge in [-0.05, 0) is 50.6 Å². The van der Waals surface area contributed by atoms with Crippen molar-refractivity contribution in [1.82, 2.24) is 10.2 Å². The fraction of sp³-hybridized carbons (Fsp3) is 0.261. The molecule has 8 heteroatoms. The summed E-state index contributed by atoms with van der Waals surface area (Å²) in [7, 11) is 1.57. The fourth-order valence-electron chi connectivity index (χ4n) is 3.23. The number of esters is 1. The van der Waals surface area contributed by atoms with Gasteiger partial charge >= 0.3 is 12.0 Å². The van der Waals surface area contributed by atoms with E-state index < -0.39 is 23.7 Å². The summed E-state index contributed by atoms with van der Waals surface area (Å²) < 4.78 is 19.2. The van der Waals surface area contributed by atoms with E-state index in [1.807, 2.05) is 0 Å². The van der Waals surface area contributed by atoms with Gasteiger partial charge in [-0.2, -0.15) is 0 Å². The first-order valence-electron chi connectivity index (χ1n) is 9.81. The van der Waals surface area contributed by atoms with E-state index in [1.54, 1.807) is 58.2 Å². The highest BCUT2D eigenvalue weighted by Gasteiger charge is 2.35. The molecule has 0 saturated heterocycles. The Morgan fingerprint density at radius 3 is 2.39 bits per heavy atom.